The monoisotopic (exact) mass is 802 g/mol. The lowest BCUT2D eigenvalue weighted by Gasteiger charge is -2.34. The summed E-state index contributed by atoms with van der Waals surface area (Å²) in [6.45, 7) is 0.982. The number of carbonyl (C=O) groups excluding carboxylic acids is 2. The fourth-order valence-electron chi connectivity index (χ4n) is 7.14. The van der Waals surface area contributed by atoms with Gasteiger partial charge in [-0.05, 0) is 88.5 Å². The summed E-state index contributed by atoms with van der Waals surface area (Å²) in [6, 6.07) is 5.33. The highest BCUT2D eigenvalue weighted by Gasteiger charge is 2.43. The number of aliphatic hydroxyl groups excluding tert-OH is 1. The maximum absolute atomic E-state index is 12.9. The summed E-state index contributed by atoms with van der Waals surface area (Å²) in [4.78, 5) is 48.5. The number of amides is 2. The number of unbranched alkanes of at least 4 members (excludes halogenated alkanes) is 6. The molecule has 1 aliphatic carbocycles. The minimum Gasteiger partial charge on any atom is -0.491 e. The summed E-state index contributed by atoms with van der Waals surface area (Å²) in [7, 11) is -3.61. The van der Waals surface area contributed by atoms with Gasteiger partial charge in [0.25, 0.3) is 0 Å². The number of hydrogen-bond donors (Lipinski definition) is 4. The van der Waals surface area contributed by atoms with E-state index in [1.807, 2.05) is 4.90 Å². The van der Waals surface area contributed by atoms with Gasteiger partial charge in [0.05, 0.1) is 22.8 Å². The number of carbonyl (C=O) groups is 4. The van der Waals surface area contributed by atoms with Crippen LogP contribution in [0.25, 0.3) is 0 Å². The van der Waals surface area contributed by atoms with Crippen molar-refractivity contribution in [2.45, 2.75) is 144 Å². The molecular weight excluding hydrogens is 744 g/mol. The molecule has 3 unspecified atom stereocenters. The first kappa shape index (κ1) is 45.4. The molecule has 2 aliphatic heterocycles. The second-order valence-electron chi connectivity index (χ2n) is 14.6. The number of sulfone groups is 1. The van der Waals surface area contributed by atoms with Crippen LogP contribution in [0.5, 0.6) is 5.75 Å². The van der Waals surface area contributed by atoms with Gasteiger partial charge in [0, 0.05) is 25.9 Å². The Morgan fingerprint density at radius 3 is 2.02 bits per heavy atom. The number of hydrogen-bond acceptors (Lipinski definition) is 10. The summed E-state index contributed by atoms with van der Waals surface area (Å²) in [6.07, 6.45) is 12.7. The average Bonchev–Trinajstić information content (AvgIpc) is 3.58. The summed E-state index contributed by atoms with van der Waals surface area (Å²) in [5, 5.41) is 37.3. The van der Waals surface area contributed by atoms with Gasteiger partial charge in [0.2, 0.25) is 11.8 Å². The van der Waals surface area contributed by atoms with E-state index in [4.69, 9.17) is 14.9 Å². The maximum atomic E-state index is 12.9. The highest BCUT2D eigenvalue weighted by molar-refractivity contribution is 8.01. The first-order valence-electron chi connectivity index (χ1n) is 19.3. The van der Waals surface area contributed by atoms with Gasteiger partial charge in [-0.15, -0.1) is 11.8 Å². The third-order valence-corrected chi connectivity index (χ3v) is 13.5. The number of nitrogens with zero attached hydrogens (tertiary/aromatic N) is 2. The van der Waals surface area contributed by atoms with E-state index in [2.05, 4.69) is 0 Å². The number of rotatable bonds is 23. The molecule has 2 amide bonds. The fraction of sp³-hybridized carbons (Fsp3) is 0.737. The maximum Gasteiger partial charge on any atom is 0.303 e. The van der Waals surface area contributed by atoms with Crippen LogP contribution in [0.15, 0.2) is 24.3 Å². The first-order chi connectivity index (χ1) is 25.7. The minimum atomic E-state index is -3.61. The van der Waals surface area contributed by atoms with E-state index >= 15 is 0 Å². The molecule has 3 fully saturated rings. The molecule has 13 nitrogen and oxygen atoms in total. The van der Waals surface area contributed by atoms with Crippen molar-refractivity contribution >= 4 is 45.4 Å². The molecule has 2 saturated heterocycles. The van der Waals surface area contributed by atoms with Crippen LogP contribution in [0.4, 0.5) is 4.39 Å². The van der Waals surface area contributed by atoms with Gasteiger partial charge in [0.1, 0.15) is 29.3 Å². The molecule has 54 heavy (non-hydrogen) atoms. The van der Waals surface area contributed by atoms with Gasteiger partial charge in [-0.25, -0.2) is 12.8 Å². The highest BCUT2D eigenvalue weighted by atomic mass is 32.2. The second kappa shape index (κ2) is 23.2. The zero-order valence-corrected chi connectivity index (χ0v) is 32.9. The Morgan fingerprint density at radius 1 is 0.852 bits per heavy atom. The van der Waals surface area contributed by atoms with Crippen molar-refractivity contribution in [2.24, 2.45) is 0 Å². The van der Waals surface area contributed by atoms with Crippen LogP contribution in [0, 0.1) is 5.82 Å². The zero-order chi connectivity index (χ0) is 39.6. The predicted octanol–water partition coefficient (Wildman–Crippen LogP) is 5.36. The number of ether oxygens (including phenoxy) is 1. The van der Waals surface area contributed by atoms with Gasteiger partial charge >= 0.3 is 11.9 Å². The van der Waals surface area contributed by atoms with Crippen molar-refractivity contribution in [3.63, 3.8) is 0 Å². The molecule has 4 rings (SSSR count). The number of thioether (sulfide) groups is 1. The quantitative estimate of drug-likeness (QED) is 0.104. The first-order valence-corrected chi connectivity index (χ1v) is 22.1. The Morgan fingerprint density at radius 2 is 1.43 bits per heavy atom. The van der Waals surface area contributed by atoms with Gasteiger partial charge in [0.15, 0.2) is 9.84 Å². The molecule has 4 N–H and O–H groups in total. The topological polar surface area (TPSA) is 199 Å². The molecule has 3 atom stereocenters. The highest BCUT2D eigenvalue weighted by Crippen LogP contribution is 2.36. The third-order valence-electron chi connectivity index (χ3n) is 10.2. The Kier molecular flexibility index (Phi) is 19.5. The van der Waals surface area contributed by atoms with Crippen molar-refractivity contribution < 1.29 is 57.1 Å². The van der Waals surface area contributed by atoms with Crippen LogP contribution in [-0.2, 0) is 29.0 Å². The van der Waals surface area contributed by atoms with Crippen LogP contribution >= 0.6 is 11.8 Å². The van der Waals surface area contributed by atoms with Crippen molar-refractivity contribution in [1.29, 1.82) is 0 Å². The lowest BCUT2D eigenvalue weighted by molar-refractivity contribution is -0.138. The number of carboxylic acids is 2. The summed E-state index contributed by atoms with van der Waals surface area (Å²) >= 11 is 1.71. The van der Waals surface area contributed by atoms with Crippen molar-refractivity contribution in [3.8, 4) is 5.75 Å². The summed E-state index contributed by atoms with van der Waals surface area (Å²) < 4.78 is 42.9. The Balaban J connectivity index is 0.000000297. The van der Waals surface area contributed by atoms with Crippen molar-refractivity contribution in [3.05, 3.63) is 30.1 Å². The largest absolute Gasteiger partial charge is 0.491 e. The normalized spacial score (nSPS) is 21.1. The van der Waals surface area contributed by atoms with E-state index in [0.717, 1.165) is 64.3 Å². The lowest BCUT2D eigenvalue weighted by Crippen LogP contribution is -2.37. The molecule has 1 aromatic rings. The van der Waals surface area contributed by atoms with E-state index in [9.17, 15) is 42.2 Å². The standard InChI is InChI=1S/C20H28FNO7S.C18H31NO4S/c21-15-6-9-17(10-7-15)29-13-16(23)8-11-19-22(18(24)14-30(19,27)28)12-4-2-1-3-5-20(25)26;20-15-14-24-16(9-12-18(23)10-5-3-6-11-18)19(15)13-7-2-1-4-8-17(21)22/h6-7,9-10,16,19,23H,1-5,8,11-14H2,(H,25,26);16,23H,1-14H2,(H,21,22). The third kappa shape index (κ3) is 16.4. The molecule has 306 valence electrons. The number of carboxylic acid groups (broad SMARTS) is 2. The number of aliphatic carboxylic acids is 2. The van der Waals surface area contributed by atoms with Gasteiger partial charge in [-0.1, -0.05) is 44.9 Å². The predicted molar refractivity (Wildman–Crippen MR) is 203 cm³/mol. The van der Waals surface area contributed by atoms with E-state index in [-0.39, 0.29) is 50.1 Å². The molecule has 0 spiro atoms. The van der Waals surface area contributed by atoms with E-state index < -0.39 is 56.3 Å². The van der Waals surface area contributed by atoms with E-state index in [0.29, 0.717) is 43.6 Å². The van der Waals surface area contributed by atoms with Crippen LogP contribution in [0.1, 0.15) is 122 Å². The van der Waals surface area contributed by atoms with Crippen LogP contribution in [0.3, 0.4) is 0 Å². The van der Waals surface area contributed by atoms with Crippen LogP contribution < -0.4 is 4.74 Å². The molecular formula is C38H59FN2O11S2. The molecule has 1 aromatic carbocycles. The number of aliphatic hydroxyl groups is 2. The van der Waals surface area contributed by atoms with Gasteiger partial charge in [-0.2, -0.15) is 0 Å². The van der Waals surface area contributed by atoms with Gasteiger partial charge < -0.3 is 35.0 Å². The molecule has 16 heteroatoms. The molecule has 0 aromatic heterocycles. The molecule has 1 saturated carbocycles. The number of halogens is 1. The smallest absolute Gasteiger partial charge is 0.303 e. The van der Waals surface area contributed by atoms with Crippen molar-refractivity contribution in [1.82, 2.24) is 9.80 Å². The average molecular weight is 803 g/mol. The Labute approximate surface area is 322 Å². The van der Waals surface area contributed by atoms with E-state index in [1.54, 1.807) is 11.8 Å². The zero-order valence-electron chi connectivity index (χ0n) is 31.2. The van der Waals surface area contributed by atoms with Crippen LogP contribution in [-0.4, -0.2) is 116 Å². The lowest BCUT2D eigenvalue weighted by atomic mass is 9.81. The van der Waals surface area contributed by atoms with Crippen LogP contribution in [0.2, 0.25) is 0 Å². The molecule has 3 aliphatic rings. The molecule has 0 radical (unpaired) electrons. The van der Waals surface area contributed by atoms with Crippen molar-refractivity contribution in [2.75, 3.05) is 31.2 Å². The Hall–Kier alpha value is -2.95. The minimum absolute atomic E-state index is 0.0735. The molecule has 2 heterocycles. The summed E-state index contributed by atoms with van der Waals surface area (Å²) in [5.74, 6) is -1.79. The Bertz CT molecular complexity index is 1440. The number of benzene rings is 1. The summed E-state index contributed by atoms with van der Waals surface area (Å²) in [5.41, 5.74) is -0.507. The van der Waals surface area contributed by atoms with E-state index in [1.165, 1.54) is 35.6 Å². The molecule has 0 bridgehead atoms. The second-order valence-corrected chi connectivity index (χ2v) is 18.0. The SMILES string of the molecule is O=C(O)CCCCCCN1C(=O)CS(=O)(=O)C1CCC(O)COc1ccc(F)cc1.O=C(O)CCCCCCN1C(=O)CSC1CCC1(O)CCCCC1. The van der Waals surface area contributed by atoms with Gasteiger partial charge in [-0.3, -0.25) is 19.2 Å². The fourth-order valence-corrected chi connectivity index (χ4v) is 10.1.